The van der Waals surface area contributed by atoms with E-state index in [4.69, 9.17) is 29.0 Å². The molecule has 3 nitrogen and oxygen atoms in total. The monoisotopic (exact) mass is 359 g/mol. The highest BCUT2D eigenvalue weighted by Gasteiger charge is 2.15. The third-order valence-electron chi connectivity index (χ3n) is 2.82. The Morgan fingerprint density at radius 1 is 1.32 bits per heavy atom. The van der Waals surface area contributed by atoms with Crippen LogP contribution in [0.3, 0.4) is 0 Å². The van der Waals surface area contributed by atoms with Crippen molar-refractivity contribution in [2.45, 2.75) is 12.5 Å². The van der Waals surface area contributed by atoms with Crippen LogP contribution in [0.4, 0.5) is 0 Å². The van der Waals surface area contributed by atoms with Crippen LogP contribution in [0.5, 0.6) is 0 Å². The van der Waals surface area contributed by atoms with Crippen molar-refractivity contribution in [3.05, 3.63) is 62.3 Å². The van der Waals surface area contributed by atoms with E-state index in [0.717, 1.165) is 15.6 Å². The number of nitrogens with zero attached hydrogens (tertiary/aromatic N) is 1. The molecule has 0 amide bonds. The van der Waals surface area contributed by atoms with Crippen molar-refractivity contribution >= 4 is 39.1 Å². The molecule has 19 heavy (non-hydrogen) atoms. The lowest BCUT2D eigenvalue weighted by atomic mass is 10.00. The van der Waals surface area contributed by atoms with Gasteiger partial charge in [-0.1, -0.05) is 39.1 Å². The van der Waals surface area contributed by atoms with Crippen molar-refractivity contribution in [3.63, 3.8) is 0 Å². The lowest BCUT2D eigenvalue weighted by Crippen LogP contribution is -2.30. The Hall–Kier alpha value is -0.650. The zero-order valence-electron chi connectivity index (χ0n) is 9.91. The average molecular weight is 361 g/mol. The maximum Gasteiger partial charge on any atom is 0.0622 e. The summed E-state index contributed by atoms with van der Waals surface area (Å²) < 4.78 is 0.949. The van der Waals surface area contributed by atoms with Gasteiger partial charge in [0, 0.05) is 21.9 Å². The normalized spacial score (nSPS) is 12.4. The number of hydrogen-bond donors (Lipinski definition) is 2. The molecule has 0 aliphatic heterocycles. The van der Waals surface area contributed by atoms with Gasteiger partial charge in [0.25, 0.3) is 0 Å². The highest BCUT2D eigenvalue weighted by atomic mass is 79.9. The van der Waals surface area contributed by atoms with E-state index in [9.17, 15) is 0 Å². The van der Waals surface area contributed by atoms with Gasteiger partial charge in [-0.05, 0) is 41.8 Å². The zero-order valence-corrected chi connectivity index (χ0v) is 13.0. The molecule has 1 aromatic carbocycles. The zero-order chi connectivity index (χ0) is 13.8. The van der Waals surface area contributed by atoms with E-state index in [0.29, 0.717) is 16.5 Å². The molecule has 0 aliphatic carbocycles. The lowest BCUT2D eigenvalue weighted by Gasteiger charge is -2.18. The number of hydrazine groups is 1. The minimum absolute atomic E-state index is 0.0898. The number of aromatic nitrogens is 1. The van der Waals surface area contributed by atoms with Crippen LogP contribution in [0.15, 0.2) is 41.1 Å². The highest BCUT2D eigenvalue weighted by Crippen LogP contribution is 2.29. The maximum absolute atomic E-state index is 6.11. The first kappa shape index (κ1) is 14.8. The molecule has 0 radical (unpaired) electrons. The van der Waals surface area contributed by atoms with E-state index in [1.54, 1.807) is 12.4 Å². The molecule has 2 rings (SSSR count). The fraction of sp³-hybridized carbons (Fsp3) is 0.154. The Balaban J connectivity index is 2.30. The molecule has 1 atom stereocenters. The predicted octanol–water partition coefficient (Wildman–Crippen LogP) is 3.90. The van der Waals surface area contributed by atoms with Crippen molar-refractivity contribution in [2.75, 3.05) is 0 Å². The molecule has 100 valence electrons. The quantitative estimate of drug-likeness (QED) is 0.642. The molecule has 0 spiro atoms. The first-order chi connectivity index (χ1) is 9.11. The number of nitrogens with one attached hydrogen (secondary N) is 1. The summed E-state index contributed by atoms with van der Waals surface area (Å²) in [5.74, 6) is 5.65. The number of rotatable bonds is 4. The molecule has 1 heterocycles. The van der Waals surface area contributed by atoms with Crippen molar-refractivity contribution in [3.8, 4) is 0 Å². The third-order valence-corrected chi connectivity index (χ3v) is 4.11. The van der Waals surface area contributed by atoms with Crippen LogP contribution < -0.4 is 11.3 Å². The van der Waals surface area contributed by atoms with Gasteiger partial charge in [0.15, 0.2) is 0 Å². The van der Waals surface area contributed by atoms with Crippen molar-refractivity contribution in [1.29, 1.82) is 0 Å². The number of nitrogens with two attached hydrogens (primary N) is 1. The van der Waals surface area contributed by atoms with E-state index in [1.165, 1.54) is 0 Å². The van der Waals surface area contributed by atoms with Gasteiger partial charge in [0.05, 0.1) is 11.1 Å². The third kappa shape index (κ3) is 3.68. The van der Waals surface area contributed by atoms with Gasteiger partial charge in [-0.15, -0.1) is 0 Å². The second-order valence-corrected chi connectivity index (χ2v) is 5.75. The summed E-state index contributed by atoms with van der Waals surface area (Å²) >= 11 is 15.6. The topological polar surface area (TPSA) is 50.9 Å². The molecule has 0 fully saturated rings. The van der Waals surface area contributed by atoms with Gasteiger partial charge in [0.2, 0.25) is 0 Å². The van der Waals surface area contributed by atoms with Crippen LogP contribution in [0.25, 0.3) is 0 Å². The molecule has 0 saturated carbocycles. The van der Waals surface area contributed by atoms with Gasteiger partial charge in [-0.25, -0.2) is 0 Å². The number of hydrogen-bond acceptors (Lipinski definition) is 3. The Bertz CT molecular complexity index is 578. The molecule has 1 aromatic heterocycles. The Morgan fingerprint density at radius 2 is 2.11 bits per heavy atom. The van der Waals surface area contributed by atoms with Crippen LogP contribution >= 0.6 is 39.1 Å². The molecular weight excluding hydrogens is 349 g/mol. The van der Waals surface area contributed by atoms with Crippen LogP contribution in [0.2, 0.25) is 10.0 Å². The predicted molar refractivity (Wildman–Crippen MR) is 82.2 cm³/mol. The molecule has 0 saturated heterocycles. The molecular formula is C13H12BrCl2N3. The largest absolute Gasteiger partial charge is 0.271 e. The second kappa shape index (κ2) is 6.68. The Kier molecular flexibility index (Phi) is 5.19. The highest BCUT2D eigenvalue weighted by molar-refractivity contribution is 9.10. The fourth-order valence-corrected chi connectivity index (χ4v) is 2.73. The smallest absolute Gasteiger partial charge is 0.0622 e. The lowest BCUT2D eigenvalue weighted by molar-refractivity contribution is 0.550. The van der Waals surface area contributed by atoms with E-state index in [1.807, 2.05) is 24.3 Å². The summed E-state index contributed by atoms with van der Waals surface area (Å²) in [4.78, 5) is 3.97. The van der Waals surface area contributed by atoms with Crippen molar-refractivity contribution in [2.24, 2.45) is 5.84 Å². The molecule has 6 heteroatoms. The standard InChI is InChI=1S/C13H12BrCl2N3/c14-11-2-1-9(15)6-10(11)13(19-17)5-8-3-4-18-7-12(8)16/h1-4,6-7,13,19H,5,17H2. The summed E-state index contributed by atoms with van der Waals surface area (Å²) in [5.41, 5.74) is 4.76. The minimum atomic E-state index is -0.0898. The number of benzene rings is 1. The van der Waals surface area contributed by atoms with Crippen LogP contribution in [-0.4, -0.2) is 4.98 Å². The van der Waals surface area contributed by atoms with Gasteiger partial charge in [0.1, 0.15) is 0 Å². The molecule has 1 unspecified atom stereocenters. The van der Waals surface area contributed by atoms with Crippen molar-refractivity contribution in [1.82, 2.24) is 10.4 Å². The van der Waals surface area contributed by atoms with Gasteiger partial charge < -0.3 is 0 Å². The van der Waals surface area contributed by atoms with Gasteiger partial charge >= 0.3 is 0 Å². The number of pyridine rings is 1. The first-order valence-electron chi connectivity index (χ1n) is 5.61. The first-order valence-corrected chi connectivity index (χ1v) is 7.16. The van der Waals surface area contributed by atoms with Crippen molar-refractivity contribution < 1.29 is 0 Å². The molecule has 2 aromatic rings. The Morgan fingerprint density at radius 3 is 2.79 bits per heavy atom. The van der Waals surface area contributed by atoms with E-state index in [-0.39, 0.29) is 6.04 Å². The van der Waals surface area contributed by atoms with Crippen LogP contribution in [0, 0.1) is 0 Å². The minimum Gasteiger partial charge on any atom is -0.271 e. The summed E-state index contributed by atoms with van der Waals surface area (Å²) in [5, 5.41) is 1.29. The van der Waals surface area contributed by atoms with E-state index >= 15 is 0 Å². The summed E-state index contributed by atoms with van der Waals surface area (Å²) in [7, 11) is 0. The molecule has 0 aliphatic rings. The molecule has 0 bridgehead atoms. The summed E-state index contributed by atoms with van der Waals surface area (Å²) in [6.45, 7) is 0. The van der Waals surface area contributed by atoms with Crippen LogP contribution in [0.1, 0.15) is 17.2 Å². The summed E-state index contributed by atoms with van der Waals surface area (Å²) in [6, 6.07) is 7.39. The Labute approximate surface area is 130 Å². The van der Waals surface area contributed by atoms with E-state index < -0.39 is 0 Å². The molecule has 3 N–H and O–H groups in total. The number of halogens is 3. The summed E-state index contributed by atoms with van der Waals surface area (Å²) in [6.07, 6.45) is 3.98. The van der Waals surface area contributed by atoms with Gasteiger partial charge in [-0.2, -0.15) is 0 Å². The van der Waals surface area contributed by atoms with E-state index in [2.05, 4.69) is 26.3 Å². The maximum atomic E-state index is 6.11. The SMILES string of the molecule is NNC(Cc1ccncc1Cl)c1cc(Cl)ccc1Br. The van der Waals surface area contributed by atoms with Gasteiger partial charge in [-0.3, -0.25) is 16.3 Å². The van der Waals surface area contributed by atoms with Crippen LogP contribution in [-0.2, 0) is 6.42 Å². The average Bonchev–Trinajstić information content (AvgIpc) is 2.41. The second-order valence-electron chi connectivity index (χ2n) is 4.06. The fourth-order valence-electron chi connectivity index (χ4n) is 1.83.